The van der Waals surface area contributed by atoms with Gasteiger partial charge in [-0.05, 0) is 13.8 Å². The summed E-state index contributed by atoms with van der Waals surface area (Å²) >= 11 is 0. The van der Waals surface area contributed by atoms with Gasteiger partial charge in [-0.3, -0.25) is 4.99 Å². The van der Waals surface area contributed by atoms with E-state index in [9.17, 15) is 8.42 Å². The first-order valence-electron chi connectivity index (χ1n) is 5.08. The molecule has 0 saturated carbocycles. The first-order chi connectivity index (χ1) is 6.99. The molecule has 0 amide bonds. The molecule has 0 aromatic carbocycles. The standard InChI is InChI=1S/C10H23N3O2S/c1-10(2,16(7,14)15)8-11-9(12(3)4)13(5)6/h8H2,1-7H3. The third-order valence-electron chi connectivity index (χ3n) is 2.41. The van der Waals surface area contributed by atoms with Gasteiger partial charge in [-0.1, -0.05) is 0 Å². The van der Waals surface area contributed by atoms with Crippen LogP contribution in [0, 0.1) is 0 Å². The zero-order valence-corrected chi connectivity index (χ0v) is 12.1. The van der Waals surface area contributed by atoms with Gasteiger partial charge in [0.2, 0.25) is 0 Å². The van der Waals surface area contributed by atoms with Crippen molar-refractivity contribution in [1.82, 2.24) is 9.80 Å². The smallest absolute Gasteiger partial charge is 0.195 e. The molecule has 0 rings (SSSR count). The Morgan fingerprint density at radius 1 is 1.12 bits per heavy atom. The maximum atomic E-state index is 11.5. The summed E-state index contributed by atoms with van der Waals surface area (Å²) in [7, 11) is 4.43. The number of rotatable bonds is 3. The molecule has 0 atom stereocenters. The molecule has 0 bridgehead atoms. The van der Waals surface area contributed by atoms with E-state index >= 15 is 0 Å². The lowest BCUT2D eigenvalue weighted by Gasteiger charge is -2.25. The quantitative estimate of drug-likeness (QED) is 0.533. The summed E-state index contributed by atoms with van der Waals surface area (Å²) in [5, 5.41) is 0. The van der Waals surface area contributed by atoms with E-state index in [1.807, 2.05) is 38.0 Å². The maximum absolute atomic E-state index is 11.5. The number of hydrogen-bond donors (Lipinski definition) is 0. The van der Waals surface area contributed by atoms with E-state index in [1.165, 1.54) is 6.26 Å². The zero-order chi connectivity index (χ0) is 13.1. The molecule has 0 radical (unpaired) electrons. The topological polar surface area (TPSA) is 53.0 Å². The summed E-state index contributed by atoms with van der Waals surface area (Å²) in [6.07, 6.45) is 1.24. The lowest BCUT2D eigenvalue weighted by atomic mass is 10.2. The molecule has 5 nitrogen and oxygen atoms in total. The summed E-state index contributed by atoms with van der Waals surface area (Å²) in [6, 6.07) is 0. The van der Waals surface area contributed by atoms with Crippen molar-refractivity contribution in [2.24, 2.45) is 4.99 Å². The number of guanidine groups is 1. The minimum absolute atomic E-state index is 0.261. The number of nitrogens with zero attached hydrogens (tertiary/aromatic N) is 3. The van der Waals surface area contributed by atoms with Gasteiger partial charge >= 0.3 is 0 Å². The van der Waals surface area contributed by atoms with Crippen molar-refractivity contribution in [3.63, 3.8) is 0 Å². The van der Waals surface area contributed by atoms with Gasteiger partial charge in [0.25, 0.3) is 0 Å². The van der Waals surface area contributed by atoms with Crippen LogP contribution in [0.5, 0.6) is 0 Å². The molecule has 0 aliphatic rings. The van der Waals surface area contributed by atoms with Crippen molar-refractivity contribution in [1.29, 1.82) is 0 Å². The fraction of sp³-hybridized carbons (Fsp3) is 0.900. The fourth-order valence-corrected chi connectivity index (χ4v) is 1.36. The van der Waals surface area contributed by atoms with E-state index in [1.54, 1.807) is 13.8 Å². The van der Waals surface area contributed by atoms with E-state index in [-0.39, 0.29) is 6.54 Å². The van der Waals surface area contributed by atoms with Gasteiger partial charge in [-0.25, -0.2) is 8.42 Å². The Bertz CT molecular complexity index is 346. The second-order valence-electron chi connectivity index (χ2n) is 4.94. The Balaban J connectivity index is 4.94. The first-order valence-corrected chi connectivity index (χ1v) is 6.97. The van der Waals surface area contributed by atoms with Crippen molar-refractivity contribution in [3.8, 4) is 0 Å². The summed E-state index contributed by atoms with van der Waals surface area (Å²) < 4.78 is 22.2. The number of hydrogen-bond acceptors (Lipinski definition) is 3. The third kappa shape index (κ3) is 4.00. The largest absolute Gasteiger partial charge is 0.349 e. The highest BCUT2D eigenvalue weighted by atomic mass is 32.2. The predicted molar refractivity (Wildman–Crippen MR) is 68.6 cm³/mol. The Hall–Kier alpha value is -0.780. The number of aliphatic imine (C=N–C) groups is 1. The molecule has 0 unspecified atom stereocenters. The van der Waals surface area contributed by atoms with E-state index in [4.69, 9.17) is 0 Å². The molecule has 6 heteroatoms. The van der Waals surface area contributed by atoms with E-state index in [0.717, 1.165) is 5.96 Å². The van der Waals surface area contributed by atoms with Crippen LogP contribution < -0.4 is 0 Å². The summed E-state index contributed by atoms with van der Waals surface area (Å²) in [5.74, 6) is 0.761. The highest BCUT2D eigenvalue weighted by Crippen LogP contribution is 2.15. The highest BCUT2D eigenvalue weighted by molar-refractivity contribution is 7.92. The van der Waals surface area contributed by atoms with Crippen LogP contribution in [0.4, 0.5) is 0 Å². The molecule has 0 aromatic rings. The normalized spacial score (nSPS) is 12.2. The van der Waals surface area contributed by atoms with Crippen molar-refractivity contribution in [2.75, 3.05) is 41.0 Å². The highest BCUT2D eigenvalue weighted by Gasteiger charge is 2.30. The van der Waals surface area contributed by atoms with Crippen molar-refractivity contribution in [3.05, 3.63) is 0 Å². The first kappa shape index (κ1) is 15.2. The monoisotopic (exact) mass is 249 g/mol. The Labute approximate surface area is 99.1 Å². The molecule has 0 fully saturated rings. The Kier molecular flexibility index (Phi) is 4.79. The molecular formula is C10H23N3O2S. The van der Waals surface area contributed by atoms with Crippen LogP contribution in [-0.2, 0) is 9.84 Å². The van der Waals surface area contributed by atoms with Crippen LogP contribution in [0.25, 0.3) is 0 Å². The average Bonchev–Trinajstić information content (AvgIpc) is 1.99. The molecule has 0 aromatic heterocycles. The average molecular weight is 249 g/mol. The van der Waals surface area contributed by atoms with Crippen LogP contribution in [0.2, 0.25) is 0 Å². The minimum atomic E-state index is -3.09. The molecule has 0 spiro atoms. The summed E-state index contributed by atoms with van der Waals surface area (Å²) in [4.78, 5) is 8.07. The fourth-order valence-electron chi connectivity index (χ4n) is 1.06. The molecule has 0 aliphatic heterocycles. The van der Waals surface area contributed by atoms with Crippen LogP contribution in [0.1, 0.15) is 13.8 Å². The molecule has 0 N–H and O–H groups in total. The van der Waals surface area contributed by atoms with Gasteiger partial charge in [-0.2, -0.15) is 0 Å². The number of sulfone groups is 1. The molecule has 96 valence electrons. The van der Waals surface area contributed by atoms with Gasteiger partial charge in [0.1, 0.15) is 0 Å². The molecular weight excluding hydrogens is 226 g/mol. The van der Waals surface area contributed by atoms with Crippen molar-refractivity contribution < 1.29 is 8.42 Å². The van der Waals surface area contributed by atoms with Crippen LogP contribution in [-0.4, -0.2) is 69.9 Å². The lowest BCUT2D eigenvalue weighted by Crippen LogP contribution is -2.39. The van der Waals surface area contributed by atoms with Gasteiger partial charge in [0, 0.05) is 34.4 Å². The van der Waals surface area contributed by atoms with Gasteiger partial charge in [0.15, 0.2) is 15.8 Å². The molecule has 0 aliphatic carbocycles. The van der Waals surface area contributed by atoms with Gasteiger partial charge in [-0.15, -0.1) is 0 Å². The van der Waals surface area contributed by atoms with Crippen molar-refractivity contribution in [2.45, 2.75) is 18.6 Å². The maximum Gasteiger partial charge on any atom is 0.195 e. The van der Waals surface area contributed by atoms with E-state index in [2.05, 4.69) is 4.99 Å². The van der Waals surface area contributed by atoms with Gasteiger partial charge < -0.3 is 9.80 Å². The second-order valence-corrected chi connectivity index (χ2v) is 7.59. The Morgan fingerprint density at radius 2 is 1.50 bits per heavy atom. The van der Waals surface area contributed by atoms with E-state index in [0.29, 0.717) is 0 Å². The van der Waals surface area contributed by atoms with Crippen LogP contribution in [0.15, 0.2) is 4.99 Å². The SMILES string of the molecule is CN(C)C(=NCC(C)(C)S(C)(=O)=O)N(C)C. The Morgan fingerprint density at radius 3 is 1.75 bits per heavy atom. The summed E-state index contributed by atoms with van der Waals surface area (Å²) in [5.41, 5.74) is 0. The van der Waals surface area contributed by atoms with Gasteiger partial charge in [0.05, 0.1) is 11.3 Å². The third-order valence-corrected chi connectivity index (χ3v) is 4.54. The van der Waals surface area contributed by atoms with Crippen molar-refractivity contribution >= 4 is 15.8 Å². The second kappa shape index (κ2) is 5.03. The summed E-state index contributed by atoms with van der Waals surface area (Å²) in [6.45, 7) is 3.64. The predicted octanol–water partition coefficient (Wildman–Crippen LogP) is 0.289. The van der Waals surface area contributed by atoms with Crippen LogP contribution >= 0.6 is 0 Å². The van der Waals surface area contributed by atoms with Crippen LogP contribution in [0.3, 0.4) is 0 Å². The van der Waals surface area contributed by atoms with E-state index < -0.39 is 14.6 Å². The minimum Gasteiger partial charge on any atom is -0.349 e. The molecule has 0 saturated heterocycles. The zero-order valence-electron chi connectivity index (χ0n) is 11.3. The molecule has 16 heavy (non-hydrogen) atoms. The lowest BCUT2D eigenvalue weighted by molar-refractivity contribution is 0.474. The molecule has 0 heterocycles.